The van der Waals surface area contributed by atoms with Gasteiger partial charge in [0.1, 0.15) is 5.75 Å². The number of carboxylic acids is 1. The molecule has 1 saturated carbocycles. The first-order valence-electron chi connectivity index (χ1n) is 16.1. The zero-order valence-electron chi connectivity index (χ0n) is 25.3. The Hall–Kier alpha value is -1.46. The van der Waals surface area contributed by atoms with Crippen molar-refractivity contribution in [1.82, 2.24) is 0 Å². The lowest BCUT2D eigenvalue weighted by Gasteiger charge is -2.28. The van der Waals surface area contributed by atoms with Gasteiger partial charge in [0.2, 0.25) is 0 Å². The number of unbranched alkanes of at least 4 members (excludes halogenated alkanes) is 7. The van der Waals surface area contributed by atoms with E-state index in [1.807, 2.05) is 24.3 Å². The number of carboxylic acid groups (broad SMARTS) is 1. The molecule has 0 radical (unpaired) electrons. The van der Waals surface area contributed by atoms with E-state index in [0.717, 1.165) is 60.6 Å². The van der Waals surface area contributed by atoms with E-state index >= 15 is 0 Å². The number of hydrogen-bond donors (Lipinski definition) is 1. The smallest absolute Gasteiger partial charge is 0.341 e. The summed E-state index contributed by atoms with van der Waals surface area (Å²) in [7, 11) is 0. The standard InChI is InChI=1S/C35H49Cl3O3Si/c1-2-3-4-5-8-11-28-13-15-30(16-14-28)27-41-34-23-21-32(22-24-34)31-19-17-29(18-20-31)26-33(35(39)40)12-9-6-7-10-25-42(36,37)38/h17-24,26,28,30H,2-16,25,27H2,1H3,(H,39,40)/b33-26+. The van der Waals surface area contributed by atoms with Crippen LogP contribution in [-0.4, -0.2) is 23.7 Å². The van der Waals surface area contributed by atoms with Crippen molar-refractivity contribution in [2.24, 2.45) is 11.8 Å². The van der Waals surface area contributed by atoms with Crippen LogP contribution in [-0.2, 0) is 4.79 Å². The Bertz CT molecular complexity index is 1070. The van der Waals surface area contributed by atoms with Crippen molar-refractivity contribution < 1.29 is 14.6 Å². The zero-order valence-corrected chi connectivity index (χ0v) is 28.5. The third-order valence-electron chi connectivity index (χ3n) is 8.54. The largest absolute Gasteiger partial charge is 0.493 e. The van der Waals surface area contributed by atoms with Gasteiger partial charge in [-0.05, 0) is 78.5 Å². The molecule has 2 aromatic rings. The molecule has 0 spiro atoms. The van der Waals surface area contributed by atoms with Gasteiger partial charge in [-0.25, -0.2) is 4.79 Å². The maximum Gasteiger partial charge on any atom is 0.341 e. The van der Waals surface area contributed by atoms with Gasteiger partial charge < -0.3 is 9.84 Å². The van der Waals surface area contributed by atoms with Gasteiger partial charge in [0.05, 0.1) is 6.61 Å². The molecule has 0 saturated heterocycles. The van der Waals surface area contributed by atoms with Crippen LogP contribution in [0.15, 0.2) is 54.1 Å². The summed E-state index contributed by atoms with van der Waals surface area (Å²) >= 11 is 17.8. The summed E-state index contributed by atoms with van der Waals surface area (Å²) in [5.41, 5.74) is 3.54. The van der Waals surface area contributed by atoms with Crippen molar-refractivity contribution in [2.45, 2.75) is 109 Å². The van der Waals surface area contributed by atoms with E-state index in [0.29, 0.717) is 24.0 Å². The molecule has 0 heterocycles. The van der Waals surface area contributed by atoms with Crippen LogP contribution in [0.1, 0.15) is 109 Å². The fourth-order valence-electron chi connectivity index (χ4n) is 5.89. The molecular formula is C35H49Cl3O3Si. The van der Waals surface area contributed by atoms with Gasteiger partial charge in [-0.1, -0.05) is 114 Å². The van der Waals surface area contributed by atoms with E-state index in [1.54, 1.807) is 6.08 Å². The van der Waals surface area contributed by atoms with Crippen LogP contribution in [0.3, 0.4) is 0 Å². The Labute approximate surface area is 269 Å². The lowest BCUT2D eigenvalue weighted by atomic mass is 9.80. The van der Waals surface area contributed by atoms with E-state index in [4.69, 9.17) is 38.0 Å². The Balaban J connectivity index is 1.40. The predicted molar refractivity (Wildman–Crippen MR) is 183 cm³/mol. The van der Waals surface area contributed by atoms with Crippen LogP contribution in [0.25, 0.3) is 17.2 Å². The minimum atomic E-state index is -2.55. The van der Waals surface area contributed by atoms with Crippen molar-refractivity contribution in [2.75, 3.05) is 6.61 Å². The monoisotopic (exact) mass is 650 g/mol. The number of rotatable bonds is 19. The maximum atomic E-state index is 11.8. The van der Waals surface area contributed by atoms with Crippen LogP contribution in [0.4, 0.5) is 0 Å². The van der Waals surface area contributed by atoms with Crippen LogP contribution in [0.2, 0.25) is 6.04 Å². The van der Waals surface area contributed by atoms with Crippen molar-refractivity contribution in [3.05, 3.63) is 59.7 Å². The molecule has 3 rings (SSSR count). The van der Waals surface area contributed by atoms with Gasteiger partial charge in [0.25, 0.3) is 0 Å². The minimum absolute atomic E-state index is 0.427. The minimum Gasteiger partial charge on any atom is -0.493 e. The molecule has 0 bridgehead atoms. The summed E-state index contributed by atoms with van der Waals surface area (Å²) in [5, 5.41) is 9.67. The third-order valence-corrected chi connectivity index (χ3v) is 11.2. The van der Waals surface area contributed by atoms with Crippen LogP contribution < -0.4 is 4.74 Å². The Morgan fingerprint density at radius 3 is 2.00 bits per heavy atom. The Kier molecular flexibility index (Phi) is 15.9. The average Bonchev–Trinajstić information content (AvgIpc) is 2.97. The van der Waals surface area contributed by atoms with Crippen molar-refractivity contribution in [3.8, 4) is 16.9 Å². The molecule has 0 unspecified atom stereocenters. The molecular weight excluding hydrogens is 603 g/mol. The van der Waals surface area contributed by atoms with E-state index in [9.17, 15) is 9.90 Å². The van der Waals surface area contributed by atoms with E-state index < -0.39 is 12.0 Å². The van der Waals surface area contributed by atoms with E-state index in [-0.39, 0.29) is 0 Å². The number of aliphatic carboxylic acids is 1. The summed E-state index contributed by atoms with van der Waals surface area (Å²) in [6.45, 7) is 3.09. The maximum absolute atomic E-state index is 11.8. The highest BCUT2D eigenvalue weighted by molar-refractivity contribution is 7.64. The highest BCUT2D eigenvalue weighted by Gasteiger charge is 2.23. The van der Waals surface area contributed by atoms with Crippen molar-refractivity contribution >= 4 is 51.3 Å². The molecule has 42 heavy (non-hydrogen) atoms. The Morgan fingerprint density at radius 1 is 0.810 bits per heavy atom. The quantitative estimate of drug-likeness (QED) is 0.0711. The topological polar surface area (TPSA) is 46.5 Å². The van der Waals surface area contributed by atoms with Crippen molar-refractivity contribution in [1.29, 1.82) is 0 Å². The molecule has 3 nitrogen and oxygen atoms in total. The molecule has 7 heteroatoms. The summed E-state index contributed by atoms with van der Waals surface area (Å²) in [6, 6.07) is 14.5. The van der Waals surface area contributed by atoms with E-state index in [1.165, 1.54) is 64.2 Å². The first-order chi connectivity index (χ1) is 20.2. The summed E-state index contributed by atoms with van der Waals surface area (Å²) in [6.07, 6.45) is 19.5. The van der Waals surface area contributed by atoms with Gasteiger partial charge in [-0.2, -0.15) is 0 Å². The SMILES string of the molecule is CCCCCCCC1CCC(COc2ccc(-c3ccc(/C=C(\CCCCCC[Si](Cl)(Cl)Cl)C(=O)O)cc3)cc2)CC1. The number of halogens is 3. The lowest BCUT2D eigenvalue weighted by molar-refractivity contribution is -0.132. The molecule has 1 N–H and O–H groups in total. The molecule has 0 aromatic heterocycles. The van der Waals surface area contributed by atoms with Gasteiger partial charge >= 0.3 is 12.0 Å². The first-order valence-corrected chi connectivity index (χ1v) is 21.3. The Morgan fingerprint density at radius 2 is 1.38 bits per heavy atom. The molecule has 2 aromatic carbocycles. The normalized spacial score (nSPS) is 17.8. The molecule has 0 amide bonds. The molecule has 0 atom stereocenters. The van der Waals surface area contributed by atoms with Gasteiger partial charge in [-0.3, -0.25) is 0 Å². The second kappa shape index (κ2) is 19.0. The summed E-state index contributed by atoms with van der Waals surface area (Å²) < 4.78 is 6.17. The number of ether oxygens (including phenoxy) is 1. The van der Waals surface area contributed by atoms with Crippen LogP contribution in [0, 0.1) is 11.8 Å². The van der Waals surface area contributed by atoms with Gasteiger partial charge in [-0.15, -0.1) is 33.2 Å². The predicted octanol–water partition coefficient (Wildman–Crippen LogP) is 12.0. The number of hydrogen-bond acceptors (Lipinski definition) is 2. The van der Waals surface area contributed by atoms with Gasteiger partial charge in [0, 0.05) is 5.57 Å². The third kappa shape index (κ3) is 13.9. The number of benzene rings is 2. The average molecular weight is 652 g/mol. The van der Waals surface area contributed by atoms with E-state index in [2.05, 4.69) is 31.2 Å². The molecule has 0 aliphatic heterocycles. The highest BCUT2D eigenvalue weighted by atomic mass is 35.8. The molecule has 1 aliphatic carbocycles. The van der Waals surface area contributed by atoms with Crippen LogP contribution in [0.5, 0.6) is 5.75 Å². The van der Waals surface area contributed by atoms with Crippen molar-refractivity contribution in [3.63, 3.8) is 0 Å². The molecule has 232 valence electrons. The molecule has 1 fully saturated rings. The second-order valence-electron chi connectivity index (χ2n) is 12.1. The summed E-state index contributed by atoms with van der Waals surface area (Å²) in [4.78, 5) is 11.8. The van der Waals surface area contributed by atoms with Gasteiger partial charge in [0.15, 0.2) is 0 Å². The second-order valence-corrected chi connectivity index (χ2v) is 21.3. The summed E-state index contributed by atoms with van der Waals surface area (Å²) in [5.74, 6) is 1.66. The fourth-order valence-corrected chi connectivity index (χ4v) is 7.74. The zero-order chi connectivity index (χ0) is 30.2. The number of carbonyl (C=O) groups is 1. The lowest BCUT2D eigenvalue weighted by Crippen LogP contribution is -2.20. The molecule has 1 aliphatic rings. The van der Waals surface area contributed by atoms with Crippen LogP contribution >= 0.6 is 33.2 Å². The first kappa shape index (κ1) is 35.0. The fraction of sp³-hybridized carbons (Fsp3) is 0.571. The highest BCUT2D eigenvalue weighted by Crippen LogP contribution is 2.33.